The maximum atomic E-state index is 12.4. The van der Waals surface area contributed by atoms with Crippen molar-refractivity contribution in [2.45, 2.75) is 19.8 Å². The minimum absolute atomic E-state index is 0.146. The summed E-state index contributed by atoms with van der Waals surface area (Å²) in [4.78, 5) is 24.1. The van der Waals surface area contributed by atoms with E-state index in [0.717, 1.165) is 18.4 Å². The Kier molecular flexibility index (Phi) is 5.76. The molecule has 0 spiro atoms. The molecule has 0 saturated carbocycles. The quantitative estimate of drug-likeness (QED) is 0.632. The first-order chi connectivity index (χ1) is 13.1. The number of unbranched alkanes of at least 4 members (excludes halogenated alkanes) is 1. The summed E-state index contributed by atoms with van der Waals surface area (Å²) in [5, 5.41) is 3.13. The highest BCUT2D eigenvalue weighted by molar-refractivity contribution is 5.85. The number of hydrogen-bond acceptors (Lipinski definition) is 5. The van der Waals surface area contributed by atoms with Gasteiger partial charge in [0.2, 0.25) is 0 Å². The molecule has 0 atom stereocenters. The molecule has 6 nitrogen and oxygen atoms in total. The molecule has 0 fully saturated rings. The van der Waals surface area contributed by atoms with Gasteiger partial charge in [-0.25, -0.2) is 4.79 Å². The number of fused-ring (bicyclic) bond motifs is 1. The molecule has 1 N–H and O–H groups in total. The van der Waals surface area contributed by atoms with Crippen LogP contribution in [0.5, 0.6) is 5.75 Å². The number of anilines is 1. The lowest BCUT2D eigenvalue weighted by Gasteiger charge is -2.08. The fourth-order valence-electron chi connectivity index (χ4n) is 2.59. The Morgan fingerprint density at radius 2 is 1.89 bits per heavy atom. The summed E-state index contributed by atoms with van der Waals surface area (Å²) in [5.41, 5.74) is 1.68. The van der Waals surface area contributed by atoms with Crippen molar-refractivity contribution < 1.29 is 18.7 Å². The largest absolute Gasteiger partial charge is 0.497 e. The van der Waals surface area contributed by atoms with Crippen molar-refractivity contribution in [3.63, 3.8) is 0 Å². The van der Waals surface area contributed by atoms with Crippen LogP contribution in [-0.2, 0) is 4.74 Å². The second-order valence-corrected chi connectivity index (χ2v) is 6.03. The molecule has 0 unspecified atom stereocenters. The number of ether oxygens (including phenoxy) is 2. The first kappa shape index (κ1) is 18.5. The Bertz CT molecular complexity index is 992. The van der Waals surface area contributed by atoms with Gasteiger partial charge >= 0.3 is 6.09 Å². The highest BCUT2D eigenvalue weighted by atomic mass is 16.5. The fourth-order valence-corrected chi connectivity index (χ4v) is 2.59. The van der Waals surface area contributed by atoms with Crippen LogP contribution < -0.4 is 15.5 Å². The van der Waals surface area contributed by atoms with E-state index in [9.17, 15) is 9.59 Å². The second-order valence-electron chi connectivity index (χ2n) is 6.03. The molecule has 27 heavy (non-hydrogen) atoms. The zero-order valence-corrected chi connectivity index (χ0v) is 15.3. The molecule has 0 saturated heterocycles. The lowest BCUT2D eigenvalue weighted by molar-refractivity contribution is 0.160. The molecule has 0 aliphatic rings. The molecule has 3 rings (SSSR count). The molecule has 6 heteroatoms. The maximum Gasteiger partial charge on any atom is 0.411 e. The van der Waals surface area contributed by atoms with Gasteiger partial charge < -0.3 is 13.9 Å². The van der Waals surface area contributed by atoms with Gasteiger partial charge in [0.25, 0.3) is 0 Å². The number of amides is 1. The van der Waals surface area contributed by atoms with E-state index in [0.29, 0.717) is 34.8 Å². The first-order valence-electron chi connectivity index (χ1n) is 8.77. The number of carbonyl (C=O) groups excluding carboxylic acids is 1. The highest BCUT2D eigenvalue weighted by Crippen LogP contribution is 2.25. The molecule has 0 radical (unpaired) electrons. The maximum absolute atomic E-state index is 12.4. The average molecular weight is 367 g/mol. The van der Waals surface area contributed by atoms with Crippen LogP contribution in [0.25, 0.3) is 22.3 Å². The summed E-state index contributed by atoms with van der Waals surface area (Å²) in [6.45, 7) is 2.43. The third kappa shape index (κ3) is 4.47. The van der Waals surface area contributed by atoms with Gasteiger partial charge in [-0.2, -0.15) is 0 Å². The number of methoxy groups -OCH3 is 1. The average Bonchev–Trinajstić information content (AvgIpc) is 2.68. The van der Waals surface area contributed by atoms with E-state index in [4.69, 9.17) is 13.9 Å². The minimum atomic E-state index is -0.484. The van der Waals surface area contributed by atoms with Crippen LogP contribution in [0, 0.1) is 0 Å². The van der Waals surface area contributed by atoms with E-state index in [1.54, 1.807) is 49.6 Å². The zero-order chi connectivity index (χ0) is 19.2. The highest BCUT2D eigenvalue weighted by Gasteiger charge is 2.09. The van der Waals surface area contributed by atoms with Gasteiger partial charge in [-0.3, -0.25) is 10.1 Å². The molecular weight excluding hydrogens is 346 g/mol. The monoisotopic (exact) mass is 367 g/mol. The summed E-state index contributed by atoms with van der Waals surface area (Å²) >= 11 is 0. The second kappa shape index (κ2) is 8.40. The Labute approximate surface area is 156 Å². The Balaban J connectivity index is 1.79. The van der Waals surface area contributed by atoms with Crippen molar-refractivity contribution in [1.82, 2.24) is 0 Å². The van der Waals surface area contributed by atoms with E-state index in [1.807, 2.05) is 6.92 Å². The van der Waals surface area contributed by atoms with Crippen molar-refractivity contribution in [3.05, 3.63) is 58.8 Å². The minimum Gasteiger partial charge on any atom is -0.497 e. The lowest BCUT2D eigenvalue weighted by atomic mass is 10.1. The Morgan fingerprint density at radius 3 is 2.59 bits per heavy atom. The van der Waals surface area contributed by atoms with Crippen molar-refractivity contribution >= 4 is 22.7 Å². The Hall–Kier alpha value is -3.28. The Morgan fingerprint density at radius 1 is 1.11 bits per heavy atom. The first-order valence-corrected chi connectivity index (χ1v) is 8.77. The zero-order valence-electron chi connectivity index (χ0n) is 15.3. The predicted molar refractivity (Wildman–Crippen MR) is 104 cm³/mol. The molecule has 0 bridgehead atoms. The summed E-state index contributed by atoms with van der Waals surface area (Å²) in [7, 11) is 1.55. The number of benzene rings is 2. The van der Waals surface area contributed by atoms with Crippen molar-refractivity contribution in [2.24, 2.45) is 0 Å². The molecule has 1 amide bonds. The molecule has 0 aliphatic heterocycles. The van der Waals surface area contributed by atoms with E-state index >= 15 is 0 Å². The van der Waals surface area contributed by atoms with Crippen molar-refractivity contribution in [3.8, 4) is 17.1 Å². The van der Waals surface area contributed by atoms with Gasteiger partial charge in [0.05, 0.1) is 19.1 Å². The summed E-state index contributed by atoms with van der Waals surface area (Å²) in [6.07, 6.45) is 1.31. The van der Waals surface area contributed by atoms with E-state index in [1.165, 1.54) is 6.07 Å². The number of rotatable bonds is 6. The molecule has 2 aromatic carbocycles. The van der Waals surface area contributed by atoms with Crippen LogP contribution in [0.1, 0.15) is 19.8 Å². The topological polar surface area (TPSA) is 77.8 Å². The van der Waals surface area contributed by atoms with Gasteiger partial charge in [0, 0.05) is 17.3 Å². The van der Waals surface area contributed by atoms with Crippen LogP contribution in [0.15, 0.2) is 57.7 Å². The van der Waals surface area contributed by atoms with Crippen LogP contribution in [0.4, 0.5) is 10.5 Å². The molecule has 1 heterocycles. The number of nitrogens with one attached hydrogen (secondary N) is 1. The van der Waals surface area contributed by atoms with Gasteiger partial charge in [0.1, 0.15) is 17.1 Å². The summed E-state index contributed by atoms with van der Waals surface area (Å²) in [6, 6.07) is 13.6. The number of hydrogen-bond donors (Lipinski definition) is 1. The standard InChI is InChI=1S/C21H21NO5/c1-3-4-11-26-21(24)22-15-7-5-14(6-8-15)20-13-18(23)17-12-16(25-2)9-10-19(17)27-20/h5-10,12-13H,3-4,11H2,1-2H3,(H,22,24). The predicted octanol–water partition coefficient (Wildman–Crippen LogP) is 4.82. The van der Waals surface area contributed by atoms with Crippen molar-refractivity contribution in [1.29, 1.82) is 0 Å². The lowest BCUT2D eigenvalue weighted by Crippen LogP contribution is -2.14. The smallest absolute Gasteiger partial charge is 0.411 e. The molecular formula is C21H21NO5. The summed E-state index contributed by atoms with van der Waals surface area (Å²) < 4.78 is 16.1. The van der Waals surface area contributed by atoms with E-state index < -0.39 is 6.09 Å². The normalized spacial score (nSPS) is 10.6. The van der Waals surface area contributed by atoms with Gasteiger partial charge in [-0.1, -0.05) is 13.3 Å². The van der Waals surface area contributed by atoms with Crippen LogP contribution in [0.2, 0.25) is 0 Å². The molecule has 1 aromatic heterocycles. The van der Waals surface area contributed by atoms with Gasteiger partial charge in [-0.15, -0.1) is 0 Å². The van der Waals surface area contributed by atoms with Crippen LogP contribution >= 0.6 is 0 Å². The number of carbonyl (C=O) groups is 1. The third-order valence-electron chi connectivity index (χ3n) is 4.08. The molecule has 0 aliphatic carbocycles. The third-order valence-corrected chi connectivity index (χ3v) is 4.08. The SMILES string of the molecule is CCCCOC(=O)Nc1ccc(-c2cc(=O)c3cc(OC)ccc3o2)cc1. The van der Waals surface area contributed by atoms with Gasteiger partial charge in [-0.05, 0) is 48.9 Å². The molecule has 140 valence electrons. The van der Waals surface area contributed by atoms with Crippen LogP contribution in [0.3, 0.4) is 0 Å². The van der Waals surface area contributed by atoms with Crippen LogP contribution in [-0.4, -0.2) is 19.8 Å². The van der Waals surface area contributed by atoms with E-state index in [2.05, 4.69) is 5.32 Å². The van der Waals surface area contributed by atoms with Gasteiger partial charge in [0.15, 0.2) is 5.43 Å². The van der Waals surface area contributed by atoms with E-state index in [-0.39, 0.29) is 5.43 Å². The fraction of sp³-hybridized carbons (Fsp3) is 0.238. The van der Waals surface area contributed by atoms with Crippen molar-refractivity contribution in [2.75, 3.05) is 19.0 Å². The molecule has 3 aromatic rings. The summed E-state index contributed by atoms with van der Waals surface area (Å²) in [5.74, 6) is 1.05.